The van der Waals surface area contributed by atoms with Crippen molar-refractivity contribution in [1.82, 2.24) is 4.90 Å². The van der Waals surface area contributed by atoms with Crippen molar-refractivity contribution in [2.24, 2.45) is 0 Å². The van der Waals surface area contributed by atoms with Crippen molar-refractivity contribution in [3.05, 3.63) is 54.1 Å². The van der Waals surface area contributed by atoms with Crippen LogP contribution >= 0.6 is 0 Å². The van der Waals surface area contributed by atoms with E-state index in [0.717, 1.165) is 35.8 Å². The fraction of sp³-hybridized carbons (Fsp3) is 0.294. The number of rotatable bonds is 3. The summed E-state index contributed by atoms with van der Waals surface area (Å²) in [6.07, 6.45) is 0.957. The lowest BCUT2D eigenvalue weighted by Crippen LogP contribution is -2.18. The average molecular weight is 269 g/mol. The summed E-state index contributed by atoms with van der Waals surface area (Å²) in [5.41, 5.74) is 1.12. The fourth-order valence-corrected chi connectivity index (χ4v) is 2.40. The number of hydrogen-bond acceptors (Lipinski definition) is 3. The third-order valence-electron chi connectivity index (χ3n) is 3.44. The van der Waals surface area contributed by atoms with Crippen LogP contribution in [0.2, 0.25) is 0 Å². The number of hydrogen-bond donors (Lipinski definition) is 0. The minimum atomic E-state index is 0.0252. The summed E-state index contributed by atoms with van der Waals surface area (Å²) >= 11 is 0. The molecule has 0 bridgehead atoms. The van der Waals surface area contributed by atoms with Crippen LogP contribution in [0.25, 0.3) is 0 Å². The first-order chi connectivity index (χ1) is 9.74. The Morgan fingerprint density at radius 2 is 1.55 bits per heavy atom. The molecular formula is C17H19NO2. The van der Waals surface area contributed by atoms with E-state index in [1.165, 1.54) is 0 Å². The van der Waals surface area contributed by atoms with E-state index in [-0.39, 0.29) is 6.10 Å². The highest BCUT2D eigenvalue weighted by Gasteiger charge is 2.23. The molecule has 3 heteroatoms. The Hall–Kier alpha value is -2.00. The van der Waals surface area contributed by atoms with Crippen molar-refractivity contribution in [1.29, 1.82) is 0 Å². The van der Waals surface area contributed by atoms with Gasteiger partial charge in [-0.25, -0.2) is 0 Å². The van der Waals surface area contributed by atoms with E-state index in [1.807, 2.05) is 42.5 Å². The van der Waals surface area contributed by atoms with E-state index >= 15 is 0 Å². The Balaban J connectivity index is 1.97. The minimum Gasteiger partial charge on any atom is -0.482 e. The highest BCUT2D eigenvalue weighted by atomic mass is 16.5. The molecule has 1 heterocycles. The first-order valence-corrected chi connectivity index (χ1v) is 6.91. The SMILES string of the molecule is CN(C)CC[C@@H]1Oc2ccccc2Oc2ccccc21. The summed E-state index contributed by atoms with van der Waals surface area (Å²) in [6, 6.07) is 16.0. The summed E-state index contributed by atoms with van der Waals surface area (Å²) in [5.74, 6) is 2.49. The number of para-hydroxylation sites is 3. The van der Waals surface area contributed by atoms with Gasteiger partial charge >= 0.3 is 0 Å². The average Bonchev–Trinajstić information content (AvgIpc) is 2.61. The lowest BCUT2D eigenvalue weighted by Gasteiger charge is -2.20. The predicted molar refractivity (Wildman–Crippen MR) is 79.5 cm³/mol. The molecule has 0 N–H and O–H groups in total. The normalized spacial score (nSPS) is 16.6. The highest BCUT2D eigenvalue weighted by molar-refractivity contribution is 5.48. The van der Waals surface area contributed by atoms with Gasteiger partial charge in [0.25, 0.3) is 0 Å². The zero-order valence-electron chi connectivity index (χ0n) is 11.9. The lowest BCUT2D eigenvalue weighted by atomic mass is 10.1. The minimum absolute atomic E-state index is 0.0252. The molecule has 0 amide bonds. The molecule has 0 saturated carbocycles. The standard InChI is InChI=1S/C17H19NO2/c1-18(2)12-11-15-13-7-3-4-8-14(13)19-16-9-5-6-10-17(16)20-15/h3-10,15H,11-12H2,1-2H3/t15-/m0/s1. The third-order valence-corrected chi connectivity index (χ3v) is 3.44. The summed E-state index contributed by atoms with van der Waals surface area (Å²) < 4.78 is 12.2. The van der Waals surface area contributed by atoms with Crippen molar-refractivity contribution >= 4 is 0 Å². The number of nitrogens with zero attached hydrogens (tertiary/aromatic N) is 1. The number of fused-ring (bicyclic) bond motifs is 2. The van der Waals surface area contributed by atoms with Gasteiger partial charge in [-0.05, 0) is 32.3 Å². The number of benzene rings is 2. The Morgan fingerprint density at radius 1 is 0.900 bits per heavy atom. The van der Waals surface area contributed by atoms with Crippen molar-refractivity contribution < 1.29 is 9.47 Å². The molecule has 3 nitrogen and oxygen atoms in total. The second-order valence-electron chi connectivity index (χ2n) is 5.29. The lowest BCUT2D eigenvalue weighted by molar-refractivity contribution is 0.181. The summed E-state index contributed by atoms with van der Waals surface area (Å²) in [6.45, 7) is 0.973. The zero-order valence-corrected chi connectivity index (χ0v) is 11.9. The molecule has 1 aliphatic rings. The van der Waals surface area contributed by atoms with Gasteiger partial charge in [-0.1, -0.05) is 30.3 Å². The van der Waals surface area contributed by atoms with Crippen LogP contribution in [0.3, 0.4) is 0 Å². The van der Waals surface area contributed by atoms with Crippen LogP contribution in [-0.4, -0.2) is 25.5 Å². The molecule has 0 fully saturated rings. The van der Waals surface area contributed by atoms with Crippen LogP contribution in [0.5, 0.6) is 17.2 Å². The van der Waals surface area contributed by atoms with Crippen LogP contribution in [0.4, 0.5) is 0 Å². The quantitative estimate of drug-likeness (QED) is 0.844. The molecule has 0 spiro atoms. The molecule has 2 aromatic rings. The second kappa shape index (κ2) is 5.55. The molecule has 20 heavy (non-hydrogen) atoms. The molecular weight excluding hydrogens is 250 g/mol. The molecule has 1 atom stereocenters. The van der Waals surface area contributed by atoms with E-state index in [9.17, 15) is 0 Å². The van der Waals surface area contributed by atoms with Crippen molar-refractivity contribution in [3.8, 4) is 17.2 Å². The van der Waals surface area contributed by atoms with Crippen molar-refractivity contribution in [2.75, 3.05) is 20.6 Å². The van der Waals surface area contributed by atoms with Gasteiger partial charge in [0.05, 0.1) is 0 Å². The van der Waals surface area contributed by atoms with Gasteiger partial charge in [0.15, 0.2) is 11.5 Å². The van der Waals surface area contributed by atoms with Gasteiger partial charge in [-0.3, -0.25) is 0 Å². The Bertz CT molecular complexity index is 595. The fourth-order valence-electron chi connectivity index (χ4n) is 2.40. The van der Waals surface area contributed by atoms with E-state index < -0.39 is 0 Å². The summed E-state index contributed by atoms with van der Waals surface area (Å²) in [4.78, 5) is 2.17. The van der Waals surface area contributed by atoms with E-state index in [2.05, 4.69) is 25.1 Å². The highest BCUT2D eigenvalue weighted by Crippen LogP contribution is 2.42. The van der Waals surface area contributed by atoms with Gasteiger partial charge in [0, 0.05) is 18.5 Å². The Kier molecular flexibility index (Phi) is 3.61. The maximum Gasteiger partial charge on any atom is 0.169 e. The summed E-state index contributed by atoms with van der Waals surface area (Å²) in [7, 11) is 4.15. The largest absolute Gasteiger partial charge is 0.482 e. The van der Waals surface area contributed by atoms with Gasteiger partial charge < -0.3 is 14.4 Å². The van der Waals surface area contributed by atoms with Gasteiger partial charge in [-0.2, -0.15) is 0 Å². The first-order valence-electron chi connectivity index (χ1n) is 6.91. The Morgan fingerprint density at radius 3 is 2.30 bits per heavy atom. The second-order valence-corrected chi connectivity index (χ2v) is 5.29. The smallest absolute Gasteiger partial charge is 0.169 e. The molecule has 0 aliphatic carbocycles. The predicted octanol–water partition coefficient (Wildman–Crippen LogP) is 3.86. The monoisotopic (exact) mass is 269 g/mol. The molecule has 3 rings (SSSR count). The third kappa shape index (κ3) is 2.63. The number of ether oxygens (including phenoxy) is 2. The van der Waals surface area contributed by atoms with Crippen molar-refractivity contribution in [3.63, 3.8) is 0 Å². The molecule has 1 aliphatic heterocycles. The van der Waals surface area contributed by atoms with Crippen LogP contribution in [0.1, 0.15) is 18.1 Å². The van der Waals surface area contributed by atoms with E-state index in [0.29, 0.717) is 0 Å². The molecule has 0 saturated heterocycles. The van der Waals surface area contributed by atoms with Crippen LogP contribution in [0, 0.1) is 0 Å². The van der Waals surface area contributed by atoms with Crippen molar-refractivity contribution in [2.45, 2.75) is 12.5 Å². The zero-order chi connectivity index (χ0) is 13.9. The topological polar surface area (TPSA) is 21.7 Å². The van der Waals surface area contributed by atoms with Crippen LogP contribution in [0.15, 0.2) is 48.5 Å². The molecule has 0 radical (unpaired) electrons. The van der Waals surface area contributed by atoms with E-state index in [1.54, 1.807) is 0 Å². The van der Waals surface area contributed by atoms with Crippen LogP contribution < -0.4 is 9.47 Å². The maximum absolute atomic E-state index is 6.18. The molecule has 0 unspecified atom stereocenters. The molecule has 0 aromatic heterocycles. The van der Waals surface area contributed by atoms with Crippen LogP contribution in [-0.2, 0) is 0 Å². The molecule has 104 valence electrons. The van der Waals surface area contributed by atoms with E-state index in [4.69, 9.17) is 9.47 Å². The first kappa shape index (κ1) is 13.0. The van der Waals surface area contributed by atoms with Gasteiger partial charge in [0.2, 0.25) is 0 Å². The molecule has 2 aromatic carbocycles. The maximum atomic E-state index is 6.18. The summed E-state index contributed by atoms with van der Waals surface area (Å²) in [5, 5.41) is 0. The van der Waals surface area contributed by atoms with Gasteiger partial charge in [-0.15, -0.1) is 0 Å². The van der Waals surface area contributed by atoms with Gasteiger partial charge in [0.1, 0.15) is 11.9 Å². The Labute approximate surface area is 119 Å².